The zero-order valence-corrected chi connectivity index (χ0v) is 22.1. The maximum absolute atomic E-state index is 6.66. The minimum Gasteiger partial charge on any atom is -0.409 e. The third-order valence-corrected chi connectivity index (χ3v) is 12.2. The van der Waals surface area contributed by atoms with Gasteiger partial charge in [-0.1, -0.05) is 38.6 Å². The van der Waals surface area contributed by atoms with Crippen molar-refractivity contribution in [1.82, 2.24) is 29.5 Å². The average molecular weight is 492 g/mol. The molecule has 1 aliphatic rings. The molecule has 0 amide bonds. The Kier molecular flexibility index (Phi) is 5.69. The van der Waals surface area contributed by atoms with Crippen molar-refractivity contribution < 1.29 is 4.43 Å². The van der Waals surface area contributed by atoms with Crippen LogP contribution >= 0.6 is 11.8 Å². The molecular weight excluding hydrogens is 462 g/mol. The number of hydrogen-bond donors (Lipinski definition) is 1. The number of imidazole rings is 1. The number of fused-ring (bicyclic) bond motifs is 3. The highest BCUT2D eigenvalue weighted by Crippen LogP contribution is 2.42. The predicted molar refractivity (Wildman–Crippen MR) is 137 cm³/mol. The second kappa shape index (κ2) is 8.44. The maximum Gasteiger partial charge on any atom is 0.192 e. The molecule has 4 aromatic rings. The summed E-state index contributed by atoms with van der Waals surface area (Å²) < 4.78 is 8.77. The van der Waals surface area contributed by atoms with Crippen LogP contribution in [0.3, 0.4) is 0 Å². The zero-order chi connectivity index (χ0) is 24.1. The third-order valence-electron chi connectivity index (χ3n) is 6.62. The van der Waals surface area contributed by atoms with Gasteiger partial charge in [0.1, 0.15) is 16.9 Å². The summed E-state index contributed by atoms with van der Waals surface area (Å²) in [6.07, 6.45) is 6.68. The van der Waals surface area contributed by atoms with Crippen molar-refractivity contribution in [2.75, 3.05) is 5.32 Å². The highest BCUT2D eigenvalue weighted by atomic mass is 32.2. The molecule has 8 nitrogen and oxygen atoms in total. The number of nitrogens with one attached hydrogen (secondary N) is 1. The normalized spacial score (nSPS) is 14.4. The van der Waals surface area contributed by atoms with Crippen molar-refractivity contribution in [3.63, 3.8) is 0 Å². The first-order valence-corrected chi connectivity index (χ1v) is 15.1. The Morgan fingerprint density at radius 3 is 2.68 bits per heavy atom. The lowest BCUT2D eigenvalue weighted by Gasteiger charge is -2.38. The van der Waals surface area contributed by atoms with Gasteiger partial charge in [-0.05, 0) is 42.8 Å². The fourth-order valence-corrected chi connectivity index (χ4v) is 6.03. The molecule has 1 atom stereocenters. The van der Waals surface area contributed by atoms with Gasteiger partial charge in [0.15, 0.2) is 19.8 Å². The van der Waals surface area contributed by atoms with Crippen molar-refractivity contribution in [3.8, 4) is 0 Å². The summed E-state index contributed by atoms with van der Waals surface area (Å²) in [6, 6.07) is 6.42. The van der Waals surface area contributed by atoms with E-state index in [4.69, 9.17) is 4.43 Å². The molecule has 1 N–H and O–H groups in total. The molecule has 0 spiro atoms. The van der Waals surface area contributed by atoms with E-state index in [9.17, 15) is 0 Å². The van der Waals surface area contributed by atoms with E-state index in [-0.39, 0.29) is 11.1 Å². The van der Waals surface area contributed by atoms with Gasteiger partial charge in [-0.15, -0.1) is 0 Å². The topological polar surface area (TPSA) is 90.6 Å². The first-order chi connectivity index (χ1) is 16.1. The van der Waals surface area contributed by atoms with E-state index in [1.54, 1.807) is 30.5 Å². The Hall–Kier alpha value is -2.82. The third kappa shape index (κ3) is 4.21. The van der Waals surface area contributed by atoms with E-state index >= 15 is 0 Å². The highest BCUT2D eigenvalue weighted by molar-refractivity contribution is 7.99. The summed E-state index contributed by atoms with van der Waals surface area (Å²) in [5.74, 6) is 0.789. The van der Waals surface area contributed by atoms with Gasteiger partial charge >= 0.3 is 0 Å². The SMILES string of the molecule is CC(O[Si](C)(C)C(C)(C)C)c1ncnc2ncn(Cc3ccc4c(c3)Nc3nccnc3S4)c12. The molecule has 0 radical (unpaired) electrons. The van der Waals surface area contributed by atoms with Crippen molar-refractivity contribution in [1.29, 1.82) is 0 Å². The fraction of sp³-hybridized carbons (Fsp3) is 0.375. The summed E-state index contributed by atoms with van der Waals surface area (Å²) in [5.41, 5.74) is 4.66. The molecule has 1 aromatic carbocycles. The minimum atomic E-state index is -1.97. The van der Waals surface area contributed by atoms with Gasteiger partial charge in [0.25, 0.3) is 0 Å². The van der Waals surface area contributed by atoms with Gasteiger partial charge in [-0.3, -0.25) is 0 Å². The Morgan fingerprint density at radius 1 is 1.09 bits per heavy atom. The maximum atomic E-state index is 6.66. The Morgan fingerprint density at radius 2 is 1.88 bits per heavy atom. The number of aromatic nitrogens is 6. The van der Waals surface area contributed by atoms with Gasteiger partial charge < -0.3 is 14.3 Å². The van der Waals surface area contributed by atoms with E-state index in [1.165, 1.54) is 0 Å². The first-order valence-electron chi connectivity index (χ1n) is 11.3. The van der Waals surface area contributed by atoms with Gasteiger partial charge in [-0.25, -0.2) is 24.9 Å². The van der Waals surface area contributed by atoms with E-state index in [1.807, 2.05) is 6.33 Å². The van der Waals surface area contributed by atoms with Gasteiger partial charge in [0.2, 0.25) is 0 Å². The molecule has 1 unspecified atom stereocenters. The number of rotatable bonds is 5. The molecule has 34 heavy (non-hydrogen) atoms. The van der Waals surface area contributed by atoms with Crippen molar-refractivity contribution in [2.45, 2.75) is 68.4 Å². The van der Waals surface area contributed by atoms with Crippen molar-refractivity contribution in [3.05, 3.63) is 54.5 Å². The van der Waals surface area contributed by atoms with Crippen LogP contribution in [-0.4, -0.2) is 37.8 Å². The average Bonchev–Trinajstić information content (AvgIpc) is 3.19. The van der Waals surface area contributed by atoms with E-state index in [2.05, 4.69) is 93.8 Å². The van der Waals surface area contributed by atoms with Gasteiger partial charge in [-0.2, -0.15) is 0 Å². The summed E-state index contributed by atoms with van der Waals surface area (Å²) in [7, 11) is -1.97. The molecule has 176 valence electrons. The molecule has 0 aliphatic carbocycles. The summed E-state index contributed by atoms with van der Waals surface area (Å²) in [5, 5.41) is 4.41. The second-order valence-electron chi connectivity index (χ2n) is 10.1. The molecule has 0 fully saturated rings. The molecule has 4 heterocycles. The van der Waals surface area contributed by atoms with Crippen LogP contribution in [0.2, 0.25) is 18.1 Å². The number of hydrogen-bond acceptors (Lipinski definition) is 8. The quantitative estimate of drug-likeness (QED) is 0.301. The lowest BCUT2D eigenvalue weighted by molar-refractivity contribution is 0.199. The van der Waals surface area contributed by atoms with Crippen LogP contribution in [0.15, 0.2) is 53.2 Å². The van der Waals surface area contributed by atoms with Gasteiger partial charge in [0.05, 0.1) is 23.8 Å². The van der Waals surface area contributed by atoms with Crippen LogP contribution in [0.25, 0.3) is 11.2 Å². The van der Waals surface area contributed by atoms with Gasteiger partial charge in [0, 0.05) is 23.8 Å². The van der Waals surface area contributed by atoms with E-state index < -0.39 is 8.32 Å². The molecule has 0 saturated heterocycles. The standard InChI is InChI=1S/C24H29N7OSSi/c1-15(32-34(5,6)24(2,3)4)19-20-21(28-13-27-19)29-14-31(20)12-16-7-8-18-17(11-16)30-22-23(33-18)26-10-9-25-22/h7-11,13-15H,12H2,1-6H3,(H,25,30). The Bertz CT molecular complexity index is 1370. The Balaban J connectivity index is 1.45. The van der Waals surface area contributed by atoms with Crippen molar-refractivity contribution in [2.24, 2.45) is 0 Å². The van der Waals surface area contributed by atoms with Crippen molar-refractivity contribution >= 4 is 42.7 Å². The minimum absolute atomic E-state index is 0.116. The predicted octanol–water partition coefficient (Wildman–Crippen LogP) is 5.96. The molecule has 5 rings (SSSR count). The molecule has 3 aromatic heterocycles. The summed E-state index contributed by atoms with van der Waals surface area (Å²) >= 11 is 1.63. The largest absolute Gasteiger partial charge is 0.409 e. The number of nitrogens with zero attached hydrogens (tertiary/aromatic N) is 6. The monoisotopic (exact) mass is 491 g/mol. The smallest absolute Gasteiger partial charge is 0.192 e. The second-order valence-corrected chi connectivity index (χ2v) is 15.9. The highest BCUT2D eigenvalue weighted by Gasteiger charge is 2.39. The Labute approximate surface area is 204 Å². The zero-order valence-electron chi connectivity index (χ0n) is 20.3. The molecule has 1 aliphatic heterocycles. The van der Waals surface area contributed by atoms with E-state index in [0.29, 0.717) is 12.2 Å². The molecule has 0 bridgehead atoms. The van der Waals surface area contributed by atoms with Crippen LogP contribution in [0, 0.1) is 0 Å². The summed E-state index contributed by atoms with van der Waals surface area (Å²) in [4.78, 5) is 23.5. The molecule has 0 saturated carbocycles. The van der Waals surface area contributed by atoms with Crippen LogP contribution in [-0.2, 0) is 11.0 Å². The van der Waals surface area contributed by atoms with Crippen LogP contribution in [0.1, 0.15) is 45.1 Å². The fourth-order valence-electron chi connectivity index (χ4n) is 3.80. The summed E-state index contributed by atoms with van der Waals surface area (Å²) in [6.45, 7) is 14.0. The number of anilines is 2. The van der Waals surface area contributed by atoms with Crippen LogP contribution in [0.5, 0.6) is 0 Å². The van der Waals surface area contributed by atoms with E-state index in [0.717, 1.165) is 38.2 Å². The first kappa shape index (κ1) is 22.9. The lowest BCUT2D eigenvalue weighted by atomic mass is 10.2. The molecular formula is C24H29N7OSSi. The van der Waals surface area contributed by atoms with Crippen LogP contribution in [0.4, 0.5) is 11.5 Å². The molecule has 10 heteroatoms. The number of benzene rings is 1. The lowest BCUT2D eigenvalue weighted by Crippen LogP contribution is -2.41. The van der Waals surface area contributed by atoms with Crippen LogP contribution < -0.4 is 5.32 Å².